The van der Waals surface area contributed by atoms with Crippen LogP contribution in [0.2, 0.25) is 0 Å². The van der Waals surface area contributed by atoms with Crippen LogP contribution < -0.4 is 9.47 Å². The van der Waals surface area contributed by atoms with Gasteiger partial charge in [0.05, 0.1) is 18.9 Å². The lowest BCUT2D eigenvalue weighted by Gasteiger charge is -2.25. The monoisotopic (exact) mass is 470 g/mol. The lowest BCUT2D eigenvalue weighted by Crippen LogP contribution is -2.21. The van der Waals surface area contributed by atoms with Crippen molar-refractivity contribution in [3.63, 3.8) is 0 Å². The third-order valence-corrected chi connectivity index (χ3v) is 5.83. The zero-order valence-electron chi connectivity index (χ0n) is 18.5. The molecule has 0 spiro atoms. The van der Waals surface area contributed by atoms with E-state index in [2.05, 4.69) is 19.9 Å². The highest BCUT2D eigenvalue weighted by Crippen LogP contribution is 2.41. The van der Waals surface area contributed by atoms with Crippen molar-refractivity contribution in [2.24, 2.45) is 0 Å². The number of hydrogen-bond donors (Lipinski definition) is 0. The first-order valence-electron chi connectivity index (χ1n) is 10.7. The number of benzene rings is 2. The molecule has 0 saturated heterocycles. The number of rotatable bonds is 5. The lowest BCUT2D eigenvalue weighted by atomic mass is 9.90. The van der Waals surface area contributed by atoms with Gasteiger partial charge < -0.3 is 18.5 Å². The minimum atomic E-state index is -4.77. The minimum Gasteiger partial charge on any atom is -0.496 e. The smallest absolute Gasteiger partial charge is 0.496 e. The number of nitrogens with zero attached hydrogens (tertiary/aromatic N) is 4. The zero-order chi connectivity index (χ0) is 23.9. The predicted molar refractivity (Wildman–Crippen MR) is 116 cm³/mol. The molecule has 2 aromatic heterocycles. The van der Waals surface area contributed by atoms with Crippen LogP contribution >= 0.6 is 0 Å². The molecule has 0 radical (unpaired) electrons. The maximum atomic E-state index is 13.0. The van der Waals surface area contributed by atoms with Gasteiger partial charge in [-0.2, -0.15) is 0 Å². The number of oxazole rings is 1. The second-order valence-electron chi connectivity index (χ2n) is 7.97. The van der Waals surface area contributed by atoms with Crippen LogP contribution in [0.5, 0.6) is 11.5 Å². The van der Waals surface area contributed by atoms with Gasteiger partial charge in [-0.1, -0.05) is 24.3 Å². The lowest BCUT2D eigenvalue weighted by molar-refractivity contribution is -0.275. The molecule has 1 unspecified atom stereocenters. The summed E-state index contributed by atoms with van der Waals surface area (Å²) < 4.78 is 56.3. The van der Waals surface area contributed by atoms with Crippen LogP contribution in [0.25, 0.3) is 22.7 Å². The van der Waals surface area contributed by atoms with E-state index < -0.39 is 6.36 Å². The molecule has 3 heterocycles. The molecule has 0 N–H and O–H groups in total. The van der Waals surface area contributed by atoms with E-state index in [9.17, 15) is 13.2 Å². The van der Waals surface area contributed by atoms with Crippen molar-refractivity contribution < 1.29 is 27.1 Å². The summed E-state index contributed by atoms with van der Waals surface area (Å²) in [7, 11) is 1.57. The number of ether oxygens (including phenoxy) is 2. The quantitative estimate of drug-likeness (QED) is 0.370. The summed E-state index contributed by atoms with van der Waals surface area (Å²) in [6, 6.07) is 11.8. The molecule has 0 bridgehead atoms. The molecule has 0 aliphatic carbocycles. The molecule has 5 rings (SSSR count). The van der Waals surface area contributed by atoms with E-state index >= 15 is 0 Å². The van der Waals surface area contributed by atoms with Crippen LogP contribution in [0.1, 0.15) is 36.0 Å². The molecule has 7 nitrogen and oxygen atoms in total. The maximum Gasteiger partial charge on any atom is 0.573 e. The topological polar surface area (TPSA) is 75.2 Å². The Kier molecular flexibility index (Phi) is 5.51. The molecular weight excluding hydrogens is 449 g/mol. The molecule has 1 aliphatic heterocycles. The predicted octanol–water partition coefficient (Wildman–Crippen LogP) is 5.74. The third-order valence-electron chi connectivity index (χ3n) is 5.83. The van der Waals surface area contributed by atoms with E-state index in [1.165, 1.54) is 12.1 Å². The molecule has 0 fully saturated rings. The van der Waals surface area contributed by atoms with E-state index in [-0.39, 0.29) is 11.7 Å². The molecule has 1 aliphatic rings. The first kappa shape index (κ1) is 22.0. The van der Waals surface area contributed by atoms with Crippen molar-refractivity contribution in [2.45, 2.75) is 38.6 Å². The van der Waals surface area contributed by atoms with Gasteiger partial charge in [0.15, 0.2) is 17.5 Å². The van der Waals surface area contributed by atoms with Crippen molar-refractivity contribution in [3.8, 4) is 34.2 Å². The van der Waals surface area contributed by atoms with Crippen LogP contribution in [-0.2, 0) is 6.54 Å². The number of methoxy groups -OCH3 is 1. The Morgan fingerprint density at radius 2 is 1.91 bits per heavy atom. The van der Waals surface area contributed by atoms with Gasteiger partial charge in [-0.05, 0) is 31.0 Å². The average molecular weight is 470 g/mol. The highest BCUT2D eigenvalue weighted by atomic mass is 19.4. The molecule has 176 valence electrons. The molecule has 34 heavy (non-hydrogen) atoms. The number of aryl methyl sites for hydroxylation is 1. The molecule has 0 amide bonds. The highest BCUT2D eigenvalue weighted by Gasteiger charge is 2.35. The van der Waals surface area contributed by atoms with Gasteiger partial charge >= 0.3 is 6.36 Å². The van der Waals surface area contributed by atoms with Gasteiger partial charge in [-0.25, -0.2) is 4.98 Å². The Balaban J connectivity index is 1.53. The van der Waals surface area contributed by atoms with Crippen molar-refractivity contribution >= 4 is 0 Å². The SMILES string of the molecule is COc1cc(-c2nnc3n2CCCC3c2ccccc2OC(F)(F)F)ccc1-c1cnc(C)o1. The molecule has 0 saturated carbocycles. The number of fused-ring (bicyclic) bond motifs is 1. The van der Waals surface area contributed by atoms with Crippen molar-refractivity contribution in [1.29, 1.82) is 0 Å². The van der Waals surface area contributed by atoms with Crippen LogP contribution in [0.15, 0.2) is 53.1 Å². The van der Waals surface area contributed by atoms with Gasteiger partial charge in [0.1, 0.15) is 17.3 Å². The Morgan fingerprint density at radius 3 is 2.65 bits per heavy atom. The number of halogens is 3. The van der Waals surface area contributed by atoms with Gasteiger partial charge in [0, 0.05) is 30.5 Å². The van der Waals surface area contributed by atoms with Crippen molar-refractivity contribution in [1.82, 2.24) is 19.7 Å². The summed E-state index contributed by atoms with van der Waals surface area (Å²) in [5, 5.41) is 8.76. The summed E-state index contributed by atoms with van der Waals surface area (Å²) in [6.07, 6.45) is -1.74. The first-order chi connectivity index (χ1) is 16.3. The normalized spacial score (nSPS) is 15.7. The minimum absolute atomic E-state index is 0.216. The fraction of sp³-hybridized carbons (Fsp3) is 0.292. The summed E-state index contributed by atoms with van der Waals surface area (Å²) >= 11 is 0. The number of alkyl halides is 3. The fourth-order valence-electron chi connectivity index (χ4n) is 4.39. The third kappa shape index (κ3) is 4.11. The van der Waals surface area contributed by atoms with Gasteiger partial charge in [-0.3, -0.25) is 0 Å². The van der Waals surface area contributed by atoms with Crippen molar-refractivity contribution in [3.05, 3.63) is 65.9 Å². The second-order valence-corrected chi connectivity index (χ2v) is 7.97. The number of aromatic nitrogens is 4. The summed E-state index contributed by atoms with van der Waals surface area (Å²) in [5.74, 6) is 2.36. The van der Waals surface area contributed by atoms with Gasteiger partial charge in [0.2, 0.25) is 0 Å². The standard InChI is InChI=1S/C24H21F3N4O3/c1-14-28-13-21(33-14)18-10-9-15(12-20(18)32-2)22-29-30-23-17(7-5-11-31(22)23)16-6-3-4-8-19(16)34-24(25,26)27/h3-4,6,8-10,12-13,17H,5,7,11H2,1-2H3. The fourth-order valence-corrected chi connectivity index (χ4v) is 4.39. The van der Waals surface area contributed by atoms with E-state index in [1.54, 1.807) is 32.4 Å². The van der Waals surface area contributed by atoms with E-state index in [0.29, 0.717) is 47.6 Å². The molecule has 2 aromatic carbocycles. The Labute approximate surface area is 193 Å². The molecule has 10 heteroatoms. The Hall–Kier alpha value is -3.82. The second kappa shape index (κ2) is 8.51. The molecular formula is C24H21F3N4O3. The summed E-state index contributed by atoms with van der Waals surface area (Å²) in [6.45, 7) is 2.42. The van der Waals surface area contributed by atoms with Gasteiger partial charge in [0.25, 0.3) is 0 Å². The summed E-state index contributed by atoms with van der Waals surface area (Å²) in [5.41, 5.74) is 1.96. The maximum absolute atomic E-state index is 13.0. The molecule has 4 aromatic rings. The summed E-state index contributed by atoms with van der Waals surface area (Å²) in [4.78, 5) is 4.14. The van der Waals surface area contributed by atoms with E-state index in [1.807, 2.05) is 22.8 Å². The number of para-hydroxylation sites is 1. The Morgan fingerprint density at radius 1 is 1.09 bits per heavy atom. The highest BCUT2D eigenvalue weighted by molar-refractivity contribution is 5.71. The molecule has 1 atom stereocenters. The number of hydrogen-bond acceptors (Lipinski definition) is 6. The first-order valence-corrected chi connectivity index (χ1v) is 10.7. The average Bonchev–Trinajstić information content (AvgIpc) is 3.44. The largest absolute Gasteiger partial charge is 0.573 e. The van der Waals surface area contributed by atoms with E-state index in [4.69, 9.17) is 9.15 Å². The Bertz CT molecular complexity index is 1330. The van der Waals surface area contributed by atoms with Crippen LogP contribution in [0, 0.1) is 6.92 Å². The van der Waals surface area contributed by atoms with Gasteiger partial charge in [-0.15, -0.1) is 23.4 Å². The van der Waals surface area contributed by atoms with Crippen LogP contribution in [0.3, 0.4) is 0 Å². The van der Waals surface area contributed by atoms with E-state index in [0.717, 1.165) is 17.5 Å². The van der Waals surface area contributed by atoms with Crippen molar-refractivity contribution in [2.75, 3.05) is 7.11 Å². The van der Waals surface area contributed by atoms with Crippen LogP contribution in [0.4, 0.5) is 13.2 Å². The zero-order valence-corrected chi connectivity index (χ0v) is 18.5. The van der Waals surface area contributed by atoms with Crippen LogP contribution in [-0.4, -0.2) is 33.2 Å².